The van der Waals surface area contributed by atoms with Crippen LogP contribution in [0.25, 0.3) is 11.3 Å². The number of aromatic nitrogens is 1. The highest BCUT2D eigenvalue weighted by molar-refractivity contribution is 6.03. The quantitative estimate of drug-likeness (QED) is 0.373. The second kappa shape index (κ2) is 8.75. The van der Waals surface area contributed by atoms with Crippen LogP contribution in [0.4, 0.5) is 48.3 Å². The monoisotopic (exact) mass is 520 g/mol. The third kappa shape index (κ3) is 4.68. The Bertz CT molecular complexity index is 1380. The molecule has 37 heavy (non-hydrogen) atoms. The molecule has 0 unspecified atom stereocenters. The third-order valence-electron chi connectivity index (χ3n) is 5.95. The zero-order chi connectivity index (χ0) is 26.4. The number of alkyl halides is 6. The van der Waals surface area contributed by atoms with E-state index in [0.29, 0.717) is 18.7 Å². The van der Waals surface area contributed by atoms with Gasteiger partial charge in [-0.15, -0.1) is 10.2 Å². The molecule has 192 valence electrons. The highest BCUT2D eigenvalue weighted by Crippen LogP contribution is 2.52. The molecule has 5 rings (SSSR count). The molecule has 0 spiro atoms. The number of anilines is 3. The fourth-order valence-electron chi connectivity index (χ4n) is 4.02. The van der Waals surface area contributed by atoms with E-state index in [9.17, 15) is 31.1 Å². The van der Waals surface area contributed by atoms with Gasteiger partial charge in [-0.1, -0.05) is 24.3 Å². The Hall–Kier alpha value is -4.16. The number of rotatable bonds is 3. The van der Waals surface area contributed by atoms with Crippen LogP contribution >= 0.6 is 0 Å². The molecule has 2 aromatic carbocycles. The topological polar surface area (TPSA) is 82.0 Å². The SMILES string of the molecule is O=C(Nc1cccc(C2(C(F)(F)F)N=N2)c1)N1CCCNc2ccc(-c3cccc(C(F)(F)F)c3)nc21. The molecule has 0 aliphatic carbocycles. The molecular formula is C24H18F6N6O. The van der Waals surface area contributed by atoms with Crippen molar-refractivity contribution in [2.45, 2.75) is 24.4 Å². The first-order valence-electron chi connectivity index (χ1n) is 11.1. The maximum atomic E-state index is 13.4. The van der Waals surface area contributed by atoms with Crippen molar-refractivity contribution in [1.82, 2.24) is 4.98 Å². The number of pyridine rings is 1. The van der Waals surface area contributed by atoms with Gasteiger partial charge in [0.1, 0.15) is 0 Å². The Labute approximate surface area is 206 Å². The fraction of sp³-hybridized carbons (Fsp3) is 0.250. The van der Waals surface area contributed by atoms with Crippen LogP contribution in [0.15, 0.2) is 70.9 Å². The average Bonchev–Trinajstić information content (AvgIpc) is 3.68. The van der Waals surface area contributed by atoms with Gasteiger partial charge in [0.2, 0.25) is 0 Å². The van der Waals surface area contributed by atoms with E-state index in [0.717, 1.165) is 18.2 Å². The summed E-state index contributed by atoms with van der Waals surface area (Å²) in [7, 11) is 0. The van der Waals surface area contributed by atoms with Crippen molar-refractivity contribution in [3.63, 3.8) is 0 Å². The third-order valence-corrected chi connectivity index (χ3v) is 5.95. The summed E-state index contributed by atoms with van der Waals surface area (Å²) in [6, 6.07) is 12.3. The van der Waals surface area contributed by atoms with E-state index in [-0.39, 0.29) is 34.9 Å². The first kappa shape index (κ1) is 24.5. The molecule has 0 saturated heterocycles. The van der Waals surface area contributed by atoms with E-state index in [4.69, 9.17) is 0 Å². The standard InChI is InChI=1S/C24H18F6N6O/c25-23(26,27)16-6-1-4-14(12-16)18-8-9-19-20(33-18)36(11-3-10-31-19)21(37)32-17-7-2-5-15(13-17)22(34-35-22)24(28,29)30/h1-2,4-9,12-13,31H,3,10-11H2,(H,32,37). The molecule has 0 saturated carbocycles. The van der Waals surface area contributed by atoms with Gasteiger partial charge in [-0.3, -0.25) is 4.90 Å². The molecule has 3 aromatic rings. The maximum absolute atomic E-state index is 13.4. The Morgan fingerprint density at radius 1 is 0.973 bits per heavy atom. The molecule has 2 aliphatic rings. The number of benzene rings is 2. The van der Waals surface area contributed by atoms with Crippen LogP contribution in [0, 0.1) is 0 Å². The lowest BCUT2D eigenvalue weighted by atomic mass is 10.0. The van der Waals surface area contributed by atoms with E-state index < -0.39 is 29.6 Å². The number of amides is 2. The van der Waals surface area contributed by atoms with Gasteiger partial charge in [-0.25, -0.2) is 9.78 Å². The lowest BCUT2D eigenvalue weighted by Crippen LogP contribution is -2.36. The van der Waals surface area contributed by atoms with Crippen molar-refractivity contribution in [1.29, 1.82) is 0 Å². The lowest BCUT2D eigenvalue weighted by Gasteiger charge is -2.23. The number of carbonyl (C=O) groups excluding carboxylic acids is 1. The number of nitrogens with zero attached hydrogens (tertiary/aromatic N) is 4. The van der Waals surface area contributed by atoms with Crippen LogP contribution in [0.1, 0.15) is 17.5 Å². The Morgan fingerprint density at radius 3 is 2.43 bits per heavy atom. The van der Waals surface area contributed by atoms with E-state index in [2.05, 4.69) is 25.8 Å². The summed E-state index contributed by atoms with van der Waals surface area (Å²) in [6.07, 6.45) is -8.72. The highest BCUT2D eigenvalue weighted by atomic mass is 19.4. The van der Waals surface area contributed by atoms with Gasteiger partial charge in [-0.05, 0) is 42.8 Å². The van der Waals surface area contributed by atoms with Crippen LogP contribution in [0.2, 0.25) is 0 Å². The summed E-state index contributed by atoms with van der Waals surface area (Å²) >= 11 is 0. The summed E-state index contributed by atoms with van der Waals surface area (Å²) in [5.74, 6) is 0.181. The molecule has 3 heterocycles. The number of urea groups is 1. The molecule has 2 amide bonds. The van der Waals surface area contributed by atoms with Gasteiger partial charge < -0.3 is 10.6 Å². The maximum Gasteiger partial charge on any atom is 0.442 e. The minimum absolute atomic E-state index is 0.0937. The molecular weight excluding hydrogens is 502 g/mol. The number of carbonyl (C=O) groups is 1. The lowest BCUT2D eigenvalue weighted by molar-refractivity contribution is -0.166. The Kier molecular flexibility index (Phi) is 5.80. The summed E-state index contributed by atoms with van der Waals surface area (Å²) in [4.78, 5) is 19.0. The highest BCUT2D eigenvalue weighted by Gasteiger charge is 2.65. The second-order valence-electron chi connectivity index (χ2n) is 8.46. The van der Waals surface area contributed by atoms with Gasteiger partial charge in [0.05, 0.1) is 16.9 Å². The molecule has 0 bridgehead atoms. The van der Waals surface area contributed by atoms with Crippen LogP contribution < -0.4 is 15.5 Å². The van der Waals surface area contributed by atoms with Gasteiger partial charge in [0.25, 0.3) is 0 Å². The number of hydrogen-bond acceptors (Lipinski definition) is 5. The van der Waals surface area contributed by atoms with E-state index in [1.54, 1.807) is 12.1 Å². The van der Waals surface area contributed by atoms with Crippen LogP contribution in [0.3, 0.4) is 0 Å². The van der Waals surface area contributed by atoms with E-state index in [1.165, 1.54) is 35.2 Å². The molecule has 0 fully saturated rings. The summed E-state index contributed by atoms with van der Waals surface area (Å²) in [5, 5.41) is 12.1. The van der Waals surface area contributed by atoms with Crippen molar-refractivity contribution in [3.8, 4) is 11.3 Å². The zero-order valence-corrected chi connectivity index (χ0v) is 18.9. The smallest absolute Gasteiger partial charge is 0.382 e. The largest absolute Gasteiger partial charge is 0.442 e. The first-order chi connectivity index (χ1) is 17.5. The molecule has 7 nitrogen and oxygen atoms in total. The van der Waals surface area contributed by atoms with E-state index in [1.807, 2.05) is 0 Å². The molecule has 1 aromatic heterocycles. The van der Waals surface area contributed by atoms with Crippen LogP contribution in [-0.4, -0.2) is 30.3 Å². The average molecular weight is 520 g/mol. The Morgan fingerprint density at radius 2 is 1.73 bits per heavy atom. The second-order valence-corrected chi connectivity index (χ2v) is 8.46. The van der Waals surface area contributed by atoms with Crippen LogP contribution in [0.5, 0.6) is 0 Å². The van der Waals surface area contributed by atoms with Gasteiger partial charge in [0, 0.05) is 29.9 Å². The van der Waals surface area contributed by atoms with E-state index >= 15 is 0 Å². The number of nitrogens with one attached hydrogen (secondary N) is 2. The number of hydrogen-bond donors (Lipinski definition) is 2. The molecule has 2 aliphatic heterocycles. The molecule has 2 N–H and O–H groups in total. The number of fused-ring (bicyclic) bond motifs is 1. The minimum atomic E-state index is -4.71. The van der Waals surface area contributed by atoms with Crippen molar-refractivity contribution in [3.05, 3.63) is 71.8 Å². The molecule has 0 radical (unpaired) electrons. The molecule has 0 atom stereocenters. The first-order valence-corrected chi connectivity index (χ1v) is 11.1. The molecule has 13 heteroatoms. The predicted molar refractivity (Wildman–Crippen MR) is 123 cm³/mol. The fourth-order valence-corrected chi connectivity index (χ4v) is 4.02. The summed E-state index contributed by atoms with van der Waals surface area (Å²) < 4.78 is 79.7. The predicted octanol–water partition coefficient (Wildman–Crippen LogP) is 6.80. The minimum Gasteiger partial charge on any atom is -0.382 e. The van der Waals surface area contributed by atoms with Gasteiger partial charge >= 0.3 is 24.0 Å². The van der Waals surface area contributed by atoms with Crippen LogP contribution in [-0.2, 0) is 11.8 Å². The summed E-state index contributed by atoms with van der Waals surface area (Å²) in [6.45, 7) is 0.718. The van der Waals surface area contributed by atoms with Gasteiger partial charge in [-0.2, -0.15) is 26.3 Å². The normalized spacial score (nSPS) is 16.4. The van der Waals surface area contributed by atoms with Crippen molar-refractivity contribution < 1.29 is 31.1 Å². The zero-order valence-electron chi connectivity index (χ0n) is 18.9. The van der Waals surface area contributed by atoms with Crippen molar-refractivity contribution in [2.75, 3.05) is 28.6 Å². The van der Waals surface area contributed by atoms with Crippen molar-refractivity contribution >= 4 is 23.2 Å². The Balaban J connectivity index is 1.44. The van der Waals surface area contributed by atoms with Crippen molar-refractivity contribution in [2.24, 2.45) is 10.2 Å². The van der Waals surface area contributed by atoms with Gasteiger partial charge in [0.15, 0.2) is 5.82 Å². The number of halogens is 6. The summed E-state index contributed by atoms with van der Waals surface area (Å²) in [5.41, 5.74) is -2.68.